The summed E-state index contributed by atoms with van der Waals surface area (Å²) in [6.07, 6.45) is 4.57. The van der Waals surface area contributed by atoms with Gasteiger partial charge in [-0.25, -0.2) is 0 Å². The summed E-state index contributed by atoms with van der Waals surface area (Å²) in [6, 6.07) is 35.6. The number of benzene rings is 4. The second-order valence-corrected chi connectivity index (χ2v) is 29.8. The first-order valence-electron chi connectivity index (χ1n) is 37.8. The van der Waals surface area contributed by atoms with E-state index >= 15 is 0 Å². The SMILES string of the molecule is C=C(C)C(=O)[C@@H](N)CC(C)C.C=C(C)C(=O)[C@H](CC(C)C)NC(=O)[C@@H](CC(=O)[C@H](CC(C)C)NC(=O)[C@H](CCc1ccccc1)CC(=O)CN1CCOCC1)Cc1ccccc1.CC(C)C[C@H](NC(=O)[C@H](CCc1ccccc1)CC(=O)CN1CCOCC1)C(=O)C[C@@H](Cc1ccccc1)C(=O)O.CO.OO. The topological polar surface area (TPSA) is 339 Å². The third-order valence-electron chi connectivity index (χ3n) is 18.3. The van der Waals surface area contributed by atoms with Crippen molar-refractivity contribution in [2.75, 3.05) is 72.8 Å². The molecule has 22 heteroatoms. The summed E-state index contributed by atoms with van der Waals surface area (Å²) in [5.74, 6) is -4.94. The number of rotatable bonds is 43. The molecule has 6 rings (SSSR count). The van der Waals surface area contributed by atoms with E-state index in [1.807, 2.05) is 182 Å². The van der Waals surface area contributed by atoms with Crippen LogP contribution in [0.4, 0.5) is 0 Å². The van der Waals surface area contributed by atoms with E-state index in [1.165, 1.54) is 0 Å². The normalized spacial score (nSPS) is 15.2. The number of carbonyl (C=O) groups excluding carboxylic acids is 9. The summed E-state index contributed by atoms with van der Waals surface area (Å²) in [4.78, 5) is 136. The minimum atomic E-state index is -1.04. The van der Waals surface area contributed by atoms with Crippen molar-refractivity contribution in [2.45, 2.75) is 183 Å². The van der Waals surface area contributed by atoms with Crippen molar-refractivity contribution in [3.05, 3.63) is 168 Å². The molecule has 2 saturated heterocycles. The molecule has 3 amide bonds. The summed E-state index contributed by atoms with van der Waals surface area (Å²) in [6.45, 7) is 32.2. The van der Waals surface area contributed by atoms with Crippen molar-refractivity contribution in [3.63, 3.8) is 0 Å². The van der Waals surface area contributed by atoms with Crippen molar-refractivity contribution >= 4 is 58.4 Å². The van der Waals surface area contributed by atoms with Gasteiger partial charge in [-0.15, -0.1) is 0 Å². The fourth-order valence-corrected chi connectivity index (χ4v) is 12.7. The van der Waals surface area contributed by atoms with Crippen LogP contribution in [0.25, 0.3) is 0 Å². The second kappa shape index (κ2) is 53.7. The number of carboxylic acid groups (broad SMARTS) is 1. The molecule has 0 radical (unpaired) electrons. The van der Waals surface area contributed by atoms with E-state index in [0.717, 1.165) is 35.8 Å². The molecule has 0 saturated carbocycles. The van der Waals surface area contributed by atoms with Crippen LogP contribution in [0.15, 0.2) is 146 Å². The number of carbonyl (C=O) groups is 10. The van der Waals surface area contributed by atoms with E-state index in [1.54, 1.807) is 13.8 Å². The molecule has 4 aromatic carbocycles. The van der Waals surface area contributed by atoms with Crippen LogP contribution in [-0.4, -0.2) is 186 Å². The molecule has 0 aromatic heterocycles. The van der Waals surface area contributed by atoms with Gasteiger partial charge in [-0.2, -0.15) is 0 Å². The lowest BCUT2D eigenvalue weighted by Gasteiger charge is -2.27. The molecule has 4 aromatic rings. The Morgan fingerprint density at radius 1 is 0.430 bits per heavy atom. The molecule has 107 heavy (non-hydrogen) atoms. The highest BCUT2D eigenvalue weighted by molar-refractivity contribution is 6.01. The molecule has 2 aliphatic rings. The van der Waals surface area contributed by atoms with E-state index in [4.69, 9.17) is 30.8 Å². The second-order valence-electron chi connectivity index (χ2n) is 29.8. The van der Waals surface area contributed by atoms with Crippen LogP contribution < -0.4 is 21.7 Å². The number of ketones is 6. The van der Waals surface area contributed by atoms with Crippen LogP contribution in [-0.2, 0) is 83.1 Å². The van der Waals surface area contributed by atoms with Crippen LogP contribution in [0, 0.1) is 47.3 Å². The van der Waals surface area contributed by atoms with Crippen molar-refractivity contribution in [1.29, 1.82) is 0 Å². The molecular formula is C85H126N6O16. The molecule has 9 N–H and O–H groups in total. The minimum Gasteiger partial charge on any atom is -0.481 e. The van der Waals surface area contributed by atoms with Crippen molar-refractivity contribution in [1.82, 2.24) is 25.8 Å². The molecule has 592 valence electrons. The van der Waals surface area contributed by atoms with Gasteiger partial charge in [0.25, 0.3) is 0 Å². The minimum absolute atomic E-state index is 0.0133. The van der Waals surface area contributed by atoms with Gasteiger partial charge in [0.2, 0.25) is 17.7 Å². The van der Waals surface area contributed by atoms with Gasteiger partial charge in [0.05, 0.1) is 69.6 Å². The number of Topliss-reactive ketones (excluding diaryl/α,β-unsaturated/α-hetero) is 6. The molecule has 0 aliphatic carbocycles. The van der Waals surface area contributed by atoms with E-state index in [9.17, 15) is 53.1 Å². The first-order chi connectivity index (χ1) is 51.0. The number of aryl methyl sites for hydroxylation is 2. The maximum Gasteiger partial charge on any atom is 0.307 e. The number of aliphatic hydroxyl groups excluding tert-OH is 1. The zero-order chi connectivity index (χ0) is 80.0. The lowest BCUT2D eigenvalue weighted by Crippen LogP contribution is -2.48. The van der Waals surface area contributed by atoms with Crippen LogP contribution >= 0.6 is 0 Å². The molecule has 2 aliphatic heterocycles. The first kappa shape index (κ1) is 95.0. The average Bonchev–Trinajstić information content (AvgIpc) is 0.855. The van der Waals surface area contributed by atoms with Gasteiger partial charge in [0, 0.05) is 76.7 Å². The summed E-state index contributed by atoms with van der Waals surface area (Å²) >= 11 is 0. The third-order valence-corrected chi connectivity index (χ3v) is 18.3. The van der Waals surface area contributed by atoms with Gasteiger partial charge in [0.15, 0.2) is 23.1 Å². The quantitative estimate of drug-likeness (QED) is 0.0116. The first-order valence-corrected chi connectivity index (χ1v) is 37.8. The highest BCUT2D eigenvalue weighted by atomic mass is 17.0. The van der Waals surface area contributed by atoms with Crippen LogP contribution in [0.1, 0.15) is 156 Å². The number of ether oxygens (including phenoxy) is 2. The number of nitrogens with two attached hydrogens (primary N) is 1. The van der Waals surface area contributed by atoms with Gasteiger partial charge in [-0.3, -0.25) is 68.3 Å². The van der Waals surface area contributed by atoms with Gasteiger partial charge in [-0.1, -0.05) is 190 Å². The van der Waals surface area contributed by atoms with E-state index in [-0.39, 0.29) is 121 Å². The predicted octanol–water partition coefficient (Wildman–Crippen LogP) is 10.6. The number of aliphatic carboxylic acids is 1. The third kappa shape index (κ3) is 40.1. The molecular weight excluding hydrogens is 1360 g/mol. The Morgan fingerprint density at radius 3 is 1.06 bits per heavy atom. The summed E-state index contributed by atoms with van der Waals surface area (Å²) in [5, 5.41) is 37.7. The molecule has 2 heterocycles. The van der Waals surface area contributed by atoms with Crippen molar-refractivity contribution < 1.29 is 78.1 Å². The summed E-state index contributed by atoms with van der Waals surface area (Å²) in [7, 11) is 1.00. The number of hydrogen-bond donors (Lipinski definition) is 8. The molecule has 0 unspecified atom stereocenters. The highest BCUT2D eigenvalue weighted by Gasteiger charge is 2.35. The summed E-state index contributed by atoms with van der Waals surface area (Å²) < 4.78 is 10.8. The standard InChI is InChI=1S/C42H59N3O6.C33H44N2O6.C9H17NO.CH4O.H2O2/c1-29(2)23-37(43-41(49)34(18-17-32-13-9-7-10-14-32)26-36(46)28-45-19-21-51-22-20-45)39(47)27-35(25-33-15-11-8-12-16-33)42(50)44-38(24-30(3)4)40(48)31(5)6;1-24(2)19-30(31(37)22-28(33(39)40)20-26-11-7-4-8-12-26)34-32(38)27(14-13-25-9-5-3-6-10-25)21-29(36)23-35-15-17-41-18-16-35;1-6(2)5-8(10)9(11)7(3)4;2*1-2/h7-16,29-30,34-35,37-38H,5,17-28H2,1-4,6H3,(H,43,49)(H,44,50);3-12,24,27-28,30H,13-23H2,1-2H3,(H,34,38)(H,39,40);6,8H,3,5,10H2,1-2,4H3;2H,1H3;1-2H/t34-,35-,37+,38+;27-,28-,30+;8-;;/m110../s1. The number of morpholine rings is 2. The maximum absolute atomic E-state index is 14.2. The molecule has 8 atom stereocenters. The van der Waals surface area contributed by atoms with Crippen molar-refractivity contribution in [3.8, 4) is 0 Å². The molecule has 2 fully saturated rings. The Labute approximate surface area is 636 Å². The Bertz CT molecular complexity index is 3300. The van der Waals surface area contributed by atoms with Gasteiger partial charge >= 0.3 is 5.97 Å². The zero-order valence-electron chi connectivity index (χ0n) is 65.5. The van der Waals surface area contributed by atoms with E-state index < -0.39 is 47.8 Å². The fraction of sp³-hybridized carbons (Fsp3) is 0.553. The average molecular weight is 1490 g/mol. The number of aliphatic hydroxyl groups is 1. The molecule has 0 bridgehead atoms. The maximum atomic E-state index is 14.2. The molecule has 0 spiro atoms. The number of nitrogens with zero attached hydrogens (tertiary/aromatic N) is 2. The number of carboxylic acids is 1. The monoisotopic (exact) mass is 1490 g/mol. The highest BCUT2D eigenvalue weighted by Crippen LogP contribution is 2.24. The van der Waals surface area contributed by atoms with Crippen LogP contribution in [0.2, 0.25) is 0 Å². The van der Waals surface area contributed by atoms with Crippen molar-refractivity contribution in [2.24, 2.45) is 53.1 Å². The zero-order valence-corrected chi connectivity index (χ0v) is 65.5. The lowest BCUT2D eigenvalue weighted by atomic mass is 9.87. The van der Waals surface area contributed by atoms with E-state index in [2.05, 4.69) is 34.0 Å². The van der Waals surface area contributed by atoms with Crippen LogP contribution in [0.3, 0.4) is 0 Å². The summed E-state index contributed by atoms with van der Waals surface area (Å²) in [5.41, 5.74) is 10.4. The van der Waals surface area contributed by atoms with Gasteiger partial charge in [-0.05, 0) is 135 Å². The number of nitrogens with one attached hydrogen (secondary N) is 3. The smallest absolute Gasteiger partial charge is 0.307 e. The van der Waals surface area contributed by atoms with E-state index in [0.29, 0.717) is 121 Å². The Hall–Kier alpha value is -8.06. The molecule has 22 nitrogen and oxygen atoms in total. The Kier molecular flexibility index (Phi) is 47.7. The Balaban J connectivity index is 0.000000620. The van der Waals surface area contributed by atoms with Crippen LogP contribution in [0.5, 0.6) is 0 Å². The Morgan fingerprint density at radius 2 is 0.729 bits per heavy atom. The van der Waals surface area contributed by atoms with Gasteiger partial charge in [0.1, 0.15) is 11.6 Å². The predicted molar refractivity (Wildman–Crippen MR) is 419 cm³/mol. The lowest BCUT2D eigenvalue weighted by molar-refractivity contribution is -0.176. The fourth-order valence-electron chi connectivity index (χ4n) is 12.7. The number of hydrogen-bond acceptors (Lipinski definition) is 18. The van der Waals surface area contributed by atoms with Gasteiger partial charge < -0.3 is 41.4 Å². The number of amides is 3. The largest absolute Gasteiger partial charge is 0.481 e.